The molecule has 1 N–H and O–H groups in total. The number of rotatable bonds is 5. The number of nitrogens with zero attached hydrogens (tertiary/aromatic N) is 2. The predicted octanol–water partition coefficient (Wildman–Crippen LogP) is 6.88. The zero-order chi connectivity index (χ0) is 24.1. The van der Waals surface area contributed by atoms with E-state index in [1.165, 1.54) is 29.3 Å². The van der Waals surface area contributed by atoms with E-state index in [9.17, 15) is 4.79 Å². The Morgan fingerprint density at radius 2 is 1.62 bits per heavy atom. The lowest BCUT2D eigenvalue weighted by Gasteiger charge is -2.39. The second-order valence-corrected chi connectivity index (χ2v) is 12.5. The van der Waals surface area contributed by atoms with E-state index in [4.69, 9.17) is 4.98 Å². The average Bonchev–Trinajstić information content (AvgIpc) is 3.30. The monoisotopic (exact) mass is 473 g/mol. The minimum Gasteiger partial charge on any atom is -0.338 e. The van der Waals surface area contributed by atoms with Crippen LogP contribution in [0.1, 0.15) is 51.2 Å². The van der Waals surface area contributed by atoms with Gasteiger partial charge in [0, 0.05) is 23.7 Å². The number of aromatic nitrogens is 2. The van der Waals surface area contributed by atoms with Crippen molar-refractivity contribution in [2.75, 3.05) is 12.3 Å². The molecule has 178 valence electrons. The van der Waals surface area contributed by atoms with Crippen molar-refractivity contribution in [1.82, 2.24) is 14.9 Å². The maximum absolute atomic E-state index is 13.3. The van der Waals surface area contributed by atoms with Gasteiger partial charge in [-0.15, -0.1) is 0 Å². The molecule has 2 aromatic carbocycles. The Labute approximate surface area is 207 Å². The minimum absolute atomic E-state index is 0.238. The molecular formula is C29H35N3OS. The molecule has 4 nitrogen and oxygen atoms in total. The van der Waals surface area contributed by atoms with Crippen LogP contribution in [0.15, 0.2) is 53.7 Å². The molecule has 2 heterocycles. The highest BCUT2D eigenvalue weighted by atomic mass is 32.2. The molecule has 1 saturated carbocycles. The number of imidazole rings is 1. The molecule has 2 atom stereocenters. The number of aryl methyl sites for hydroxylation is 2. The Balaban J connectivity index is 1.37. The summed E-state index contributed by atoms with van der Waals surface area (Å²) in [5.41, 5.74) is 7.16. The molecular weight excluding hydrogens is 438 g/mol. The summed E-state index contributed by atoms with van der Waals surface area (Å²) in [6.07, 6.45) is 3.45. The van der Waals surface area contributed by atoms with Crippen molar-refractivity contribution < 1.29 is 4.79 Å². The van der Waals surface area contributed by atoms with Gasteiger partial charge in [0.25, 0.3) is 0 Å². The Morgan fingerprint density at radius 1 is 1.00 bits per heavy atom. The Kier molecular flexibility index (Phi) is 5.87. The molecule has 0 radical (unpaired) electrons. The number of likely N-dealkylation sites (tertiary alicyclic amines) is 1. The largest absolute Gasteiger partial charge is 0.338 e. The highest BCUT2D eigenvalue weighted by molar-refractivity contribution is 7.99. The molecule has 5 rings (SSSR count). The number of hydrogen-bond acceptors (Lipinski definition) is 3. The van der Waals surface area contributed by atoms with Crippen molar-refractivity contribution in [2.24, 2.45) is 10.8 Å². The van der Waals surface area contributed by atoms with E-state index in [2.05, 4.69) is 93.0 Å². The first kappa shape index (κ1) is 23.2. The molecule has 2 aliphatic rings. The SMILES string of the molecule is Cc1ccc(-c2nc(SCC(=O)N3C[C@]4(C)C[C@H]3CC(C)(C)C4)[nH]c2-c2ccc(C)cc2)cc1. The molecule has 1 amide bonds. The number of thioether (sulfide) groups is 1. The number of fused-ring (bicyclic) bond motifs is 2. The summed E-state index contributed by atoms with van der Waals surface area (Å²) >= 11 is 1.52. The fraction of sp³-hybridized carbons (Fsp3) is 0.448. The predicted molar refractivity (Wildman–Crippen MR) is 141 cm³/mol. The number of aromatic amines is 1. The Bertz CT molecular complexity index is 1130. The van der Waals surface area contributed by atoms with Gasteiger partial charge < -0.3 is 9.88 Å². The smallest absolute Gasteiger partial charge is 0.233 e. The van der Waals surface area contributed by atoms with Crippen molar-refractivity contribution in [1.29, 1.82) is 0 Å². The maximum Gasteiger partial charge on any atom is 0.233 e. The fourth-order valence-corrected chi connectivity index (χ4v) is 6.99. The van der Waals surface area contributed by atoms with Crippen molar-refractivity contribution in [2.45, 2.75) is 65.1 Å². The third-order valence-corrected chi connectivity index (χ3v) is 8.27. The van der Waals surface area contributed by atoms with Gasteiger partial charge in [0.2, 0.25) is 5.91 Å². The highest BCUT2D eigenvalue weighted by Gasteiger charge is 2.50. The number of H-pyrrole nitrogens is 1. The first-order valence-electron chi connectivity index (χ1n) is 12.3. The van der Waals surface area contributed by atoms with E-state index in [0.29, 0.717) is 17.2 Å². The summed E-state index contributed by atoms with van der Waals surface area (Å²) in [5.74, 6) is 0.655. The third-order valence-electron chi connectivity index (χ3n) is 7.41. The van der Waals surface area contributed by atoms with Gasteiger partial charge in [-0.2, -0.15) is 0 Å². The van der Waals surface area contributed by atoms with Crippen LogP contribution in [-0.2, 0) is 4.79 Å². The van der Waals surface area contributed by atoms with Crippen LogP contribution in [0.4, 0.5) is 0 Å². The quantitative estimate of drug-likeness (QED) is 0.411. The summed E-state index contributed by atoms with van der Waals surface area (Å²) in [5, 5.41) is 0.799. The van der Waals surface area contributed by atoms with Gasteiger partial charge in [0.15, 0.2) is 5.16 Å². The normalized spacial score (nSPS) is 23.3. The Hall–Kier alpha value is -2.53. The van der Waals surface area contributed by atoms with Crippen molar-refractivity contribution in [3.05, 3.63) is 59.7 Å². The number of carbonyl (C=O) groups excluding carboxylic acids is 1. The molecule has 0 unspecified atom stereocenters. The van der Waals surface area contributed by atoms with Crippen LogP contribution in [0, 0.1) is 24.7 Å². The second kappa shape index (κ2) is 8.60. The Morgan fingerprint density at radius 3 is 2.26 bits per heavy atom. The lowest BCUT2D eigenvalue weighted by molar-refractivity contribution is -0.129. The number of nitrogens with one attached hydrogen (secondary N) is 1. The summed E-state index contributed by atoms with van der Waals surface area (Å²) in [4.78, 5) is 23.9. The minimum atomic E-state index is 0.238. The number of amides is 1. The lowest BCUT2D eigenvalue weighted by atomic mass is 9.65. The van der Waals surface area contributed by atoms with Crippen LogP contribution < -0.4 is 0 Å². The molecule has 1 aliphatic carbocycles. The summed E-state index contributed by atoms with van der Waals surface area (Å²) in [6, 6.07) is 17.4. The molecule has 0 spiro atoms. The van der Waals surface area contributed by atoms with Crippen LogP contribution in [-0.4, -0.2) is 39.1 Å². The van der Waals surface area contributed by atoms with Crippen molar-refractivity contribution in [3.8, 4) is 22.5 Å². The zero-order valence-corrected chi connectivity index (χ0v) is 21.8. The van der Waals surface area contributed by atoms with Crippen molar-refractivity contribution >= 4 is 17.7 Å². The number of benzene rings is 2. The van der Waals surface area contributed by atoms with E-state index in [0.717, 1.165) is 47.1 Å². The van der Waals surface area contributed by atoms with Gasteiger partial charge in [-0.25, -0.2) is 4.98 Å². The van der Waals surface area contributed by atoms with Crippen LogP contribution in [0.2, 0.25) is 0 Å². The molecule has 1 aliphatic heterocycles. The molecule has 2 fully saturated rings. The lowest BCUT2D eigenvalue weighted by Crippen LogP contribution is -2.38. The van der Waals surface area contributed by atoms with Gasteiger partial charge in [0.05, 0.1) is 17.1 Å². The van der Waals surface area contributed by atoms with Gasteiger partial charge in [0.1, 0.15) is 0 Å². The average molecular weight is 474 g/mol. The summed E-state index contributed by atoms with van der Waals surface area (Å²) < 4.78 is 0. The van der Waals surface area contributed by atoms with E-state index in [1.807, 2.05) is 0 Å². The van der Waals surface area contributed by atoms with E-state index in [-0.39, 0.29) is 11.3 Å². The molecule has 5 heteroatoms. The van der Waals surface area contributed by atoms with E-state index >= 15 is 0 Å². The van der Waals surface area contributed by atoms with Crippen LogP contribution in [0.3, 0.4) is 0 Å². The van der Waals surface area contributed by atoms with Crippen LogP contribution in [0.5, 0.6) is 0 Å². The second-order valence-electron chi connectivity index (χ2n) is 11.5. The fourth-order valence-electron chi connectivity index (χ4n) is 6.23. The van der Waals surface area contributed by atoms with Gasteiger partial charge in [-0.1, -0.05) is 92.2 Å². The molecule has 1 saturated heterocycles. The summed E-state index contributed by atoms with van der Waals surface area (Å²) in [7, 11) is 0. The molecule has 3 aromatic rings. The highest BCUT2D eigenvalue weighted by Crippen LogP contribution is 2.52. The maximum atomic E-state index is 13.3. The van der Waals surface area contributed by atoms with Gasteiger partial charge in [-0.3, -0.25) is 4.79 Å². The standard InChI is InChI=1S/C29H35N3OS/c1-19-6-10-21(11-7-19)25-26(22-12-8-20(2)9-13-22)31-27(30-25)34-16-24(33)32-18-29(5)15-23(32)14-28(3,4)17-29/h6-13,23H,14-18H2,1-5H3,(H,30,31)/t23-,29-/m1/s1. The number of hydrogen-bond donors (Lipinski definition) is 1. The van der Waals surface area contributed by atoms with Crippen LogP contribution in [0.25, 0.3) is 22.5 Å². The van der Waals surface area contributed by atoms with E-state index < -0.39 is 0 Å². The van der Waals surface area contributed by atoms with Crippen molar-refractivity contribution in [3.63, 3.8) is 0 Å². The van der Waals surface area contributed by atoms with Gasteiger partial charge >= 0.3 is 0 Å². The molecule has 34 heavy (non-hydrogen) atoms. The topological polar surface area (TPSA) is 49.0 Å². The first-order valence-corrected chi connectivity index (χ1v) is 13.3. The molecule has 1 aromatic heterocycles. The van der Waals surface area contributed by atoms with Crippen LogP contribution >= 0.6 is 11.8 Å². The van der Waals surface area contributed by atoms with Gasteiger partial charge in [-0.05, 0) is 43.9 Å². The van der Waals surface area contributed by atoms with E-state index in [1.54, 1.807) is 0 Å². The summed E-state index contributed by atoms with van der Waals surface area (Å²) in [6.45, 7) is 12.1. The number of carbonyl (C=O) groups is 1. The zero-order valence-electron chi connectivity index (χ0n) is 20.9. The molecule has 2 bridgehead atoms. The first-order chi connectivity index (χ1) is 16.1. The third kappa shape index (κ3) is 4.68.